The molecule has 1 heterocycles. The average molecular weight is 490 g/mol. The molecule has 0 atom stereocenters. The van der Waals surface area contributed by atoms with Crippen LogP contribution >= 0.6 is 24.0 Å². The molecule has 0 saturated heterocycles. The standard InChI is InChI=1S/C18H17F3N4O.HI/c19-18(20,21)26-15-7-5-12(6-8-15)10-23-17(22)24-11-14-9-13-3-1-2-4-16(13)25-14;/h1-9,25H,10-11H2,(H3,22,23,24);1H. The van der Waals surface area contributed by atoms with Crippen molar-refractivity contribution in [2.75, 3.05) is 0 Å². The second-order valence-electron chi connectivity index (χ2n) is 5.63. The minimum Gasteiger partial charge on any atom is -0.406 e. The number of benzene rings is 2. The summed E-state index contributed by atoms with van der Waals surface area (Å²) in [6.07, 6.45) is -4.70. The minimum atomic E-state index is -4.70. The molecule has 0 aliphatic heterocycles. The normalized spacial score (nSPS) is 11.9. The molecule has 0 bridgehead atoms. The zero-order valence-electron chi connectivity index (χ0n) is 14.1. The number of fused-ring (bicyclic) bond motifs is 1. The molecular weight excluding hydrogens is 472 g/mol. The Kier molecular flexibility index (Phi) is 6.94. The predicted molar refractivity (Wildman–Crippen MR) is 109 cm³/mol. The van der Waals surface area contributed by atoms with Gasteiger partial charge < -0.3 is 20.8 Å². The van der Waals surface area contributed by atoms with Crippen molar-refractivity contribution in [1.29, 1.82) is 0 Å². The maximum atomic E-state index is 12.1. The summed E-state index contributed by atoms with van der Waals surface area (Å²) >= 11 is 0. The summed E-state index contributed by atoms with van der Waals surface area (Å²) in [5.41, 5.74) is 8.56. The summed E-state index contributed by atoms with van der Waals surface area (Å²) in [5.74, 6) is -0.0191. The van der Waals surface area contributed by atoms with Crippen LogP contribution in [0, 0.1) is 0 Å². The third kappa shape index (κ3) is 6.35. The summed E-state index contributed by atoms with van der Waals surface area (Å²) in [7, 11) is 0. The van der Waals surface area contributed by atoms with Gasteiger partial charge in [0.15, 0.2) is 5.96 Å². The zero-order chi connectivity index (χ0) is 18.6. The van der Waals surface area contributed by atoms with Gasteiger partial charge in [-0.3, -0.25) is 0 Å². The molecule has 0 radical (unpaired) electrons. The number of halogens is 4. The number of H-pyrrole nitrogens is 1. The first-order valence-electron chi connectivity index (χ1n) is 7.84. The number of nitrogens with zero attached hydrogens (tertiary/aromatic N) is 1. The van der Waals surface area contributed by atoms with Crippen molar-refractivity contribution in [1.82, 2.24) is 10.3 Å². The van der Waals surface area contributed by atoms with E-state index in [1.165, 1.54) is 24.3 Å². The van der Waals surface area contributed by atoms with E-state index in [2.05, 4.69) is 20.0 Å². The van der Waals surface area contributed by atoms with E-state index in [0.717, 1.165) is 22.2 Å². The first-order chi connectivity index (χ1) is 12.4. The Labute approximate surface area is 170 Å². The number of guanidine groups is 1. The van der Waals surface area contributed by atoms with Crippen molar-refractivity contribution < 1.29 is 17.9 Å². The van der Waals surface area contributed by atoms with E-state index in [1.54, 1.807) is 0 Å². The molecule has 27 heavy (non-hydrogen) atoms. The summed E-state index contributed by atoms with van der Waals surface area (Å²) in [6.45, 7) is 0.736. The number of aromatic nitrogens is 1. The predicted octanol–water partition coefficient (Wildman–Crippen LogP) is 4.29. The van der Waals surface area contributed by atoms with Crippen LogP contribution in [0.3, 0.4) is 0 Å². The van der Waals surface area contributed by atoms with Crippen molar-refractivity contribution in [2.45, 2.75) is 19.5 Å². The van der Waals surface area contributed by atoms with Crippen molar-refractivity contribution in [2.24, 2.45) is 10.7 Å². The number of ether oxygens (including phenoxy) is 1. The third-order valence-corrected chi connectivity index (χ3v) is 3.63. The van der Waals surface area contributed by atoms with E-state index in [0.29, 0.717) is 6.54 Å². The van der Waals surface area contributed by atoms with E-state index in [4.69, 9.17) is 5.73 Å². The number of rotatable bonds is 5. The molecule has 0 saturated carbocycles. The van der Waals surface area contributed by atoms with Crippen molar-refractivity contribution >= 4 is 40.8 Å². The third-order valence-electron chi connectivity index (χ3n) is 3.63. The number of nitrogens with two attached hydrogens (primary N) is 1. The van der Waals surface area contributed by atoms with Gasteiger partial charge in [0.25, 0.3) is 0 Å². The molecule has 1 aromatic heterocycles. The van der Waals surface area contributed by atoms with Crippen LogP contribution in [0.2, 0.25) is 0 Å². The van der Waals surface area contributed by atoms with E-state index in [1.807, 2.05) is 30.3 Å². The molecule has 0 amide bonds. The Morgan fingerprint density at radius 3 is 2.48 bits per heavy atom. The molecular formula is C18H18F3IN4O. The number of hydrogen-bond donors (Lipinski definition) is 3. The SMILES string of the molecule is I.NC(=NCc1ccc(OC(F)(F)F)cc1)NCc1cc2ccccc2[nH]1. The van der Waals surface area contributed by atoms with Crippen LogP contribution in [-0.4, -0.2) is 17.3 Å². The Balaban J connectivity index is 0.00000261. The van der Waals surface area contributed by atoms with Gasteiger partial charge >= 0.3 is 6.36 Å². The molecule has 0 aliphatic rings. The van der Waals surface area contributed by atoms with Gasteiger partial charge in [0, 0.05) is 11.2 Å². The fourth-order valence-corrected chi connectivity index (χ4v) is 2.44. The number of para-hydroxylation sites is 1. The molecule has 0 spiro atoms. The summed E-state index contributed by atoms with van der Waals surface area (Å²) in [4.78, 5) is 7.44. The van der Waals surface area contributed by atoms with Crippen LogP contribution in [0.15, 0.2) is 59.6 Å². The van der Waals surface area contributed by atoms with Crippen LogP contribution < -0.4 is 15.8 Å². The summed E-state index contributed by atoms with van der Waals surface area (Å²) in [5, 5.41) is 4.11. The number of aromatic amines is 1. The smallest absolute Gasteiger partial charge is 0.406 e. The van der Waals surface area contributed by atoms with Gasteiger partial charge in [0.05, 0.1) is 13.1 Å². The molecule has 5 nitrogen and oxygen atoms in total. The highest BCUT2D eigenvalue weighted by Crippen LogP contribution is 2.22. The highest BCUT2D eigenvalue weighted by atomic mass is 127. The minimum absolute atomic E-state index is 0. The highest BCUT2D eigenvalue weighted by molar-refractivity contribution is 14.0. The fraction of sp³-hybridized carbons (Fsp3) is 0.167. The van der Waals surface area contributed by atoms with Crippen molar-refractivity contribution in [3.8, 4) is 5.75 Å². The van der Waals surface area contributed by atoms with Crippen LogP contribution in [0.25, 0.3) is 10.9 Å². The van der Waals surface area contributed by atoms with Gasteiger partial charge in [0.1, 0.15) is 5.75 Å². The molecule has 3 rings (SSSR count). The maximum absolute atomic E-state index is 12.1. The Morgan fingerprint density at radius 2 is 1.81 bits per heavy atom. The lowest BCUT2D eigenvalue weighted by molar-refractivity contribution is -0.274. The number of hydrogen-bond acceptors (Lipinski definition) is 2. The van der Waals surface area contributed by atoms with Gasteiger partial charge in [-0.15, -0.1) is 37.1 Å². The number of aliphatic imine (C=N–C) groups is 1. The Bertz CT molecular complexity index is 874. The molecule has 0 aliphatic carbocycles. The quantitative estimate of drug-likeness (QED) is 0.284. The van der Waals surface area contributed by atoms with Gasteiger partial charge in [0.2, 0.25) is 0 Å². The molecule has 144 valence electrons. The van der Waals surface area contributed by atoms with Gasteiger partial charge in [-0.05, 0) is 35.2 Å². The summed E-state index contributed by atoms with van der Waals surface area (Å²) in [6, 6.07) is 15.4. The summed E-state index contributed by atoms with van der Waals surface area (Å²) < 4.78 is 40.2. The fourth-order valence-electron chi connectivity index (χ4n) is 2.44. The van der Waals surface area contributed by atoms with E-state index in [9.17, 15) is 13.2 Å². The maximum Gasteiger partial charge on any atom is 0.573 e. The lowest BCUT2D eigenvalue weighted by Gasteiger charge is -2.09. The Morgan fingerprint density at radius 1 is 1.11 bits per heavy atom. The monoisotopic (exact) mass is 490 g/mol. The first kappa shape index (κ1) is 20.9. The Hall–Kier alpha value is -2.43. The van der Waals surface area contributed by atoms with Gasteiger partial charge in [-0.2, -0.15) is 0 Å². The van der Waals surface area contributed by atoms with Crippen LogP contribution in [-0.2, 0) is 13.1 Å². The molecule has 0 unspecified atom stereocenters. The van der Waals surface area contributed by atoms with Crippen LogP contribution in [0.4, 0.5) is 13.2 Å². The molecule has 3 aromatic rings. The first-order valence-corrected chi connectivity index (χ1v) is 7.84. The average Bonchev–Trinajstić information content (AvgIpc) is 3.01. The van der Waals surface area contributed by atoms with E-state index >= 15 is 0 Å². The highest BCUT2D eigenvalue weighted by Gasteiger charge is 2.30. The van der Waals surface area contributed by atoms with Crippen LogP contribution in [0.5, 0.6) is 5.75 Å². The van der Waals surface area contributed by atoms with E-state index < -0.39 is 6.36 Å². The lowest BCUT2D eigenvalue weighted by atomic mass is 10.2. The zero-order valence-corrected chi connectivity index (χ0v) is 16.4. The topological polar surface area (TPSA) is 75.4 Å². The number of alkyl halides is 3. The second kappa shape index (κ2) is 8.98. The second-order valence-corrected chi connectivity index (χ2v) is 5.63. The van der Waals surface area contributed by atoms with Crippen LogP contribution in [0.1, 0.15) is 11.3 Å². The molecule has 9 heteroatoms. The molecule has 4 N–H and O–H groups in total. The van der Waals surface area contributed by atoms with Gasteiger partial charge in [-0.25, -0.2) is 4.99 Å². The largest absolute Gasteiger partial charge is 0.573 e. The number of nitrogens with one attached hydrogen (secondary N) is 2. The molecule has 2 aromatic carbocycles. The van der Waals surface area contributed by atoms with Crippen molar-refractivity contribution in [3.63, 3.8) is 0 Å². The van der Waals surface area contributed by atoms with E-state index in [-0.39, 0.29) is 42.2 Å². The molecule has 0 fully saturated rings. The van der Waals surface area contributed by atoms with Crippen molar-refractivity contribution in [3.05, 3.63) is 65.9 Å². The lowest BCUT2D eigenvalue weighted by Crippen LogP contribution is -2.31. The van der Waals surface area contributed by atoms with Gasteiger partial charge in [-0.1, -0.05) is 30.3 Å².